The van der Waals surface area contributed by atoms with Crippen molar-refractivity contribution in [3.63, 3.8) is 0 Å². The third-order valence-electron chi connectivity index (χ3n) is 1.62. The van der Waals surface area contributed by atoms with E-state index < -0.39 is 12.1 Å². The van der Waals surface area contributed by atoms with E-state index in [1.54, 1.807) is 0 Å². The highest BCUT2D eigenvalue weighted by Crippen LogP contribution is 2.25. The molecular weight excluding hydrogens is 241 g/mol. The van der Waals surface area contributed by atoms with Crippen molar-refractivity contribution in [2.75, 3.05) is 0 Å². The highest BCUT2D eigenvalue weighted by atomic mass is 32.2. The maximum atomic E-state index is 12.3. The predicted octanol–water partition coefficient (Wildman–Crippen LogP) is 3.95. The molecule has 0 aliphatic rings. The number of Topliss-reactive ketones (excluding diaryl/α,β-unsaturated/α-hetero) is 1. The van der Waals surface area contributed by atoms with Crippen molar-refractivity contribution in [2.24, 2.45) is 0 Å². The van der Waals surface area contributed by atoms with Crippen molar-refractivity contribution in [1.82, 2.24) is 0 Å². The molecule has 0 bridgehead atoms. The average molecular weight is 248 g/mol. The maximum Gasteiger partial charge on any atom is 0.351 e. The van der Waals surface area contributed by atoms with Crippen LogP contribution in [0.4, 0.5) is 13.2 Å². The minimum absolute atomic E-state index is 0.113. The maximum absolute atomic E-state index is 12.3. The van der Waals surface area contributed by atoms with Crippen LogP contribution in [-0.4, -0.2) is 5.78 Å². The molecule has 0 radical (unpaired) electrons. The molecule has 1 aromatic carbocycles. The third kappa shape index (κ3) is 3.62. The molecule has 1 aromatic rings. The second kappa shape index (κ2) is 5.60. The van der Waals surface area contributed by atoms with Crippen molar-refractivity contribution in [1.29, 1.82) is 0 Å². The average Bonchev–Trinajstić information content (AvgIpc) is 2.26. The minimum atomic E-state index is -2.51. The predicted molar refractivity (Wildman–Crippen MR) is 53.7 cm³/mol. The lowest BCUT2D eigenvalue weighted by atomic mass is 10.2. The van der Waals surface area contributed by atoms with Gasteiger partial charge in [-0.2, -0.15) is 13.2 Å². The summed E-state index contributed by atoms with van der Waals surface area (Å²) in [4.78, 5) is 11.3. The number of hydrogen-bond donors (Lipinski definition) is 0. The Kier molecular flexibility index (Phi) is 4.42. The molecule has 0 amide bonds. The second-order valence-electron chi connectivity index (χ2n) is 2.78. The number of carbonyl (C=O) groups is 1. The van der Waals surface area contributed by atoms with Crippen LogP contribution >= 0.6 is 12.0 Å². The first kappa shape index (κ1) is 12.6. The van der Waals surface area contributed by atoms with Crippen molar-refractivity contribution in [3.8, 4) is 0 Å². The van der Waals surface area contributed by atoms with Crippen molar-refractivity contribution in [3.05, 3.63) is 41.9 Å². The minimum Gasteiger partial charge on any atom is -0.387 e. The van der Waals surface area contributed by atoms with Gasteiger partial charge >= 0.3 is 12.1 Å². The first-order valence-electron chi connectivity index (χ1n) is 4.17. The van der Waals surface area contributed by atoms with Gasteiger partial charge in [0.1, 0.15) is 0 Å². The summed E-state index contributed by atoms with van der Waals surface area (Å²) in [5, 5.41) is 0. The molecule has 0 saturated heterocycles. The van der Waals surface area contributed by atoms with Crippen LogP contribution in [0.1, 0.15) is 17.3 Å². The van der Waals surface area contributed by atoms with Crippen LogP contribution in [0.2, 0.25) is 0 Å². The fourth-order valence-corrected chi connectivity index (χ4v) is 1.34. The smallest absolute Gasteiger partial charge is 0.351 e. The highest BCUT2D eigenvalue weighted by molar-refractivity contribution is 7.94. The molecular formula is C10H7F3O2S. The van der Waals surface area contributed by atoms with E-state index in [0.717, 1.165) is 0 Å². The zero-order valence-corrected chi connectivity index (χ0v) is 8.98. The number of benzene rings is 1. The highest BCUT2D eigenvalue weighted by Gasteiger charge is 2.08. The van der Waals surface area contributed by atoms with Gasteiger partial charge in [0.15, 0.2) is 5.78 Å². The van der Waals surface area contributed by atoms with E-state index in [2.05, 4.69) is 4.18 Å². The summed E-state index contributed by atoms with van der Waals surface area (Å²) in [5.74, 6) is -0.113. The molecule has 0 aromatic heterocycles. The van der Waals surface area contributed by atoms with Gasteiger partial charge in [0.05, 0.1) is 12.0 Å². The molecule has 0 aliphatic heterocycles. The van der Waals surface area contributed by atoms with E-state index in [9.17, 15) is 18.0 Å². The molecule has 0 spiro atoms. The SMILES string of the molecule is CC(=O)c1ccc(SOC(F)=C(F)F)cc1. The van der Waals surface area contributed by atoms with Crippen molar-refractivity contribution >= 4 is 17.8 Å². The quantitative estimate of drug-likeness (QED) is 0.458. The van der Waals surface area contributed by atoms with Crippen LogP contribution in [0.3, 0.4) is 0 Å². The summed E-state index contributed by atoms with van der Waals surface area (Å²) in [7, 11) is 0. The number of ketones is 1. The van der Waals surface area contributed by atoms with Crippen molar-refractivity contribution in [2.45, 2.75) is 11.8 Å². The summed E-state index contributed by atoms with van der Waals surface area (Å²) >= 11 is 0.453. The molecule has 0 atom stereocenters. The normalized spacial score (nSPS) is 9.75. The Hall–Kier alpha value is -1.43. The van der Waals surface area contributed by atoms with Crippen LogP contribution in [0.25, 0.3) is 0 Å². The van der Waals surface area contributed by atoms with Gasteiger partial charge in [-0.3, -0.25) is 4.79 Å². The monoisotopic (exact) mass is 248 g/mol. The molecule has 2 nitrogen and oxygen atoms in total. The molecule has 0 saturated carbocycles. The van der Waals surface area contributed by atoms with Gasteiger partial charge in [-0.05, 0) is 19.1 Å². The molecule has 0 unspecified atom stereocenters. The molecule has 0 aliphatic carbocycles. The summed E-state index contributed by atoms with van der Waals surface area (Å²) in [6.45, 7) is 1.40. The van der Waals surface area contributed by atoms with E-state index in [0.29, 0.717) is 22.5 Å². The molecule has 16 heavy (non-hydrogen) atoms. The molecule has 6 heteroatoms. The second-order valence-corrected chi connectivity index (χ2v) is 3.59. The Labute approximate surface area is 94.3 Å². The zero-order chi connectivity index (χ0) is 12.1. The Balaban J connectivity index is 2.63. The summed E-state index contributed by atoms with van der Waals surface area (Å²) in [6.07, 6.45) is -2.51. The number of halogens is 3. The summed E-state index contributed by atoms with van der Waals surface area (Å²) < 4.78 is 39.6. The Bertz CT molecular complexity index is 411. The third-order valence-corrected chi connectivity index (χ3v) is 2.31. The van der Waals surface area contributed by atoms with Gasteiger partial charge in [0, 0.05) is 10.5 Å². The van der Waals surface area contributed by atoms with Crippen LogP contribution in [0.15, 0.2) is 41.3 Å². The standard InChI is InChI=1S/C10H7F3O2S/c1-6(14)7-2-4-8(5-3-7)16-15-10(13)9(11)12/h2-5H,1H3. The number of rotatable bonds is 4. The zero-order valence-electron chi connectivity index (χ0n) is 8.17. The Morgan fingerprint density at radius 1 is 1.19 bits per heavy atom. The fraction of sp³-hybridized carbons (Fsp3) is 0.100. The molecule has 0 heterocycles. The lowest BCUT2D eigenvalue weighted by molar-refractivity contribution is 0.101. The van der Waals surface area contributed by atoms with E-state index in [1.807, 2.05) is 0 Å². The van der Waals surface area contributed by atoms with Crippen LogP contribution in [0.5, 0.6) is 0 Å². The largest absolute Gasteiger partial charge is 0.387 e. The number of carbonyl (C=O) groups excluding carboxylic acids is 1. The van der Waals surface area contributed by atoms with Gasteiger partial charge in [0.2, 0.25) is 0 Å². The van der Waals surface area contributed by atoms with E-state index in [-0.39, 0.29) is 5.78 Å². The first-order valence-corrected chi connectivity index (χ1v) is 4.91. The van der Waals surface area contributed by atoms with Gasteiger partial charge in [0.25, 0.3) is 0 Å². The van der Waals surface area contributed by atoms with Crippen LogP contribution in [0, 0.1) is 0 Å². The first-order chi connectivity index (χ1) is 7.50. The topological polar surface area (TPSA) is 26.3 Å². The van der Waals surface area contributed by atoms with Gasteiger partial charge in [-0.15, -0.1) is 0 Å². The lowest BCUT2D eigenvalue weighted by Crippen LogP contribution is -1.90. The van der Waals surface area contributed by atoms with Gasteiger partial charge in [-0.1, -0.05) is 12.1 Å². The Morgan fingerprint density at radius 3 is 2.19 bits per heavy atom. The molecule has 0 fully saturated rings. The van der Waals surface area contributed by atoms with Gasteiger partial charge < -0.3 is 4.18 Å². The fourth-order valence-electron chi connectivity index (χ4n) is 0.861. The Morgan fingerprint density at radius 2 is 1.75 bits per heavy atom. The lowest BCUT2D eigenvalue weighted by Gasteiger charge is -2.01. The molecule has 86 valence electrons. The molecule has 1 rings (SSSR count). The van der Waals surface area contributed by atoms with E-state index >= 15 is 0 Å². The van der Waals surface area contributed by atoms with Crippen LogP contribution < -0.4 is 0 Å². The summed E-state index contributed by atoms with van der Waals surface area (Å²) in [5.41, 5.74) is 0.483. The van der Waals surface area contributed by atoms with Crippen LogP contribution in [-0.2, 0) is 4.18 Å². The van der Waals surface area contributed by atoms with Gasteiger partial charge in [-0.25, -0.2) is 0 Å². The number of hydrogen-bond acceptors (Lipinski definition) is 3. The van der Waals surface area contributed by atoms with E-state index in [1.165, 1.54) is 31.2 Å². The molecule has 0 N–H and O–H groups in total. The van der Waals surface area contributed by atoms with E-state index in [4.69, 9.17) is 0 Å². The van der Waals surface area contributed by atoms with Crippen molar-refractivity contribution < 1.29 is 22.1 Å². The summed E-state index contributed by atoms with van der Waals surface area (Å²) in [6, 6.07) is 4.04.